The van der Waals surface area contributed by atoms with Gasteiger partial charge in [0.1, 0.15) is 11.4 Å². The van der Waals surface area contributed by atoms with Gasteiger partial charge in [0.25, 0.3) is 0 Å². The lowest BCUT2D eigenvalue weighted by Gasteiger charge is -2.53. The Hall–Kier alpha value is -2.83. The number of hydrogen-bond acceptors (Lipinski definition) is 4. The predicted molar refractivity (Wildman–Crippen MR) is 110 cm³/mol. The minimum absolute atomic E-state index is 0.260. The van der Waals surface area contributed by atoms with Crippen LogP contribution in [0.1, 0.15) is 11.1 Å². The van der Waals surface area contributed by atoms with Gasteiger partial charge in [-0.2, -0.15) is 0 Å². The van der Waals surface area contributed by atoms with Gasteiger partial charge in [-0.05, 0) is 16.7 Å². The Balaban J connectivity index is 2.08. The number of thioether (sulfide) groups is 1. The molecule has 0 spiro atoms. The molecule has 2 aromatic rings. The number of carbonyl (C=O) groups excluding carboxylic acids is 1. The number of benzene rings is 2. The fourth-order valence-electron chi connectivity index (χ4n) is 4.04. The number of aliphatic carboxylic acids is 1. The number of amides is 1. The van der Waals surface area contributed by atoms with Gasteiger partial charge < -0.3 is 10.8 Å². The molecule has 2 aliphatic rings. The average molecular weight is 392 g/mol. The van der Waals surface area contributed by atoms with Crippen molar-refractivity contribution in [1.29, 1.82) is 0 Å². The van der Waals surface area contributed by atoms with Gasteiger partial charge in [0.15, 0.2) is 5.41 Å². The number of rotatable bonds is 5. The second kappa shape index (κ2) is 6.96. The highest BCUT2D eigenvalue weighted by molar-refractivity contribution is 8.00. The smallest absolute Gasteiger partial charge is 0.324 e. The molecule has 4 rings (SSSR count). The lowest BCUT2D eigenvalue weighted by Crippen LogP contribution is -2.70. The lowest BCUT2D eigenvalue weighted by atomic mass is 9.69. The Kier molecular flexibility index (Phi) is 4.61. The minimum atomic E-state index is -1.54. The van der Waals surface area contributed by atoms with Gasteiger partial charge in [0.2, 0.25) is 5.91 Å². The number of hydrogen-bond donors (Lipinski definition) is 2. The molecule has 6 heteroatoms. The molecule has 0 aliphatic carbocycles. The molecule has 0 aromatic heterocycles. The molecule has 0 radical (unpaired) electrons. The van der Waals surface area contributed by atoms with Gasteiger partial charge in [-0.25, -0.2) is 0 Å². The fourth-order valence-corrected chi connectivity index (χ4v) is 5.33. The fraction of sp³-hybridized carbons (Fsp3) is 0.182. The maximum absolute atomic E-state index is 13.0. The molecule has 1 saturated heterocycles. The number of nitrogens with zero attached hydrogens (tertiary/aromatic N) is 1. The summed E-state index contributed by atoms with van der Waals surface area (Å²) in [5.41, 5.74) is 6.82. The van der Waals surface area contributed by atoms with E-state index in [-0.39, 0.29) is 11.3 Å². The second-order valence-electron chi connectivity index (χ2n) is 6.80. The summed E-state index contributed by atoms with van der Waals surface area (Å²) in [6.07, 6.45) is 1.65. The van der Waals surface area contributed by atoms with Crippen molar-refractivity contribution in [3.63, 3.8) is 0 Å². The summed E-state index contributed by atoms with van der Waals surface area (Å²) >= 11 is 1.54. The first-order valence-corrected chi connectivity index (χ1v) is 9.99. The van der Waals surface area contributed by atoms with E-state index < -0.39 is 17.4 Å². The number of β-lactam (4-membered cyclic amide) rings is 1. The van der Waals surface area contributed by atoms with Crippen LogP contribution in [0.25, 0.3) is 0 Å². The molecule has 1 fully saturated rings. The van der Waals surface area contributed by atoms with Crippen LogP contribution in [0.3, 0.4) is 0 Å². The van der Waals surface area contributed by atoms with E-state index in [1.54, 1.807) is 35.2 Å². The SMILES string of the molecule is C=CC1=C(C(C(=O)O)(c2ccccc2)c2ccccc2)N2C(=O)C(N)C2SC1. The summed E-state index contributed by atoms with van der Waals surface area (Å²) in [5.74, 6) is -0.752. The molecule has 2 aliphatic heterocycles. The highest BCUT2D eigenvalue weighted by atomic mass is 32.2. The maximum Gasteiger partial charge on any atom is 0.324 e. The van der Waals surface area contributed by atoms with Crippen LogP contribution in [0.5, 0.6) is 0 Å². The first-order valence-electron chi connectivity index (χ1n) is 8.94. The second-order valence-corrected chi connectivity index (χ2v) is 7.91. The quantitative estimate of drug-likeness (QED) is 0.765. The number of nitrogens with two attached hydrogens (primary N) is 1. The van der Waals surface area contributed by atoms with E-state index in [1.165, 1.54) is 11.8 Å². The van der Waals surface area contributed by atoms with Crippen LogP contribution >= 0.6 is 11.8 Å². The Morgan fingerprint density at radius 2 is 1.68 bits per heavy atom. The normalized spacial score (nSPS) is 21.8. The highest BCUT2D eigenvalue weighted by Gasteiger charge is 2.58. The molecular formula is C22H20N2O3S. The molecule has 2 unspecified atom stereocenters. The van der Waals surface area contributed by atoms with Crippen LogP contribution < -0.4 is 5.73 Å². The molecule has 2 heterocycles. The summed E-state index contributed by atoms with van der Waals surface area (Å²) in [5, 5.41) is 10.4. The first-order chi connectivity index (χ1) is 13.5. The molecule has 1 amide bonds. The molecule has 142 valence electrons. The maximum atomic E-state index is 13.0. The Bertz CT molecular complexity index is 932. The van der Waals surface area contributed by atoms with E-state index in [1.807, 2.05) is 36.4 Å². The van der Waals surface area contributed by atoms with Crippen LogP contribution in [0.2, 0.25) is 0 Å². The van der Waals surface area contributed by atoms with E-state index >= 15 is 0 Å². The Labute approximate surface area is 167 Å². The van der Waals surface area contributed by atoms with Crippen molar-refractivity contribution < 1.29 is 14.7 Å². The van der Waals surface area contributed by atoms with Crippen LogP contribution in [0, 0.1) is 0 Å². The molecule has 3 N–H and O–H groups in total. The van der Waals surface area contributed by atoms with E-state index in [9.17, 15) is 14.7 Å². The van der Waals surface area contributed by atoms with Crippen LogP contribution in [-0.2, 0) is 15.0 Å². The van der Waals surface area contributed by atoms with E-state index in [0.717, 1.165) is 5.57 Å². The van der Waals surface area contributed by atoms with Crippen molar-refractivity contribution in [3.05, 3.63) is 95.7 Å². The zero-order valence-corrected chi connectivity index (χ0v) is 15.9. The standard InChI is InChI=1S/C22H20N2O3S/c1-2-14-13-28-20-17(23)19(25)24(20)18(14)22(21(26)27,15-9-5-3-6-10-15)16-11-7-4-8-12-16/h2-12,17,20H,1,13,23H2,(H,26,27). The van der Waals surface area contributed by atoms with E-state index in [2.05, 4.69) is 6.58 Å². The first kappa shape index (κ1) is 18.5. The summed E-state index contributed by atoms with van der Waals surface area (Å²) in [6, 6.07) is 17.4. The average Bonchev–Trinajstić information content (AvgIpc) is 2.74. The zero-order valence-electron chi connectivity index (χ0n) is 15.1. The van der Waals surface area contributed by atoms with Gasteiger partial charge in [0.05, 0.1) is 5.70 Å². The molecule has 28 heavy (non-hydrogen) atoms. The number of carboxylic acid groups (broad SMARTS) is 1. The van der Waals surface area contributed by atoms with Gasteiger partial charge >= 0.3 is 5.97 Å². The lowest BCUT2D eigenvalue weighted by molar-refractivity contribution is -0.146. The van der Waals surface area contributed by atoms with Crippen molar-refractivity contribution in [2.45, 2.75) is 16.8 Å². The largest absolute Gasteiger partial charge is 0.480 e. The van der Waals surface area contributed by atoms with Crippen LogP contribution in [0.15, 0.2) is 84.6 Å². The molecule has 0 bridgehead atoms. The Morgan fingerprint density at radius 3 is 2.14 bits per heavy atom. The van der Waals surface area contributed by atoms with Gasteiger partial charge in [-0.3, -0.25) is 14.5 Å². The predicted octanol–water partition coefficient (Wildman–Crippen LogP) is 2.74. The molecule has 5 nitrogen and oxygen atoms in total. The number of carboxylic acids is 1. The molecule has 2 aromatic carbocycles. The van der Waals surface area contributed by atoms with Crippen molar-refractivity contribution in [3.8, 4) is 0 Å². The summed E-state index contributed by atoms with van der Waals surface area (Å²) in [7, 11) is 0. The number of carbonyl (C=O) groups is 2. The third-order valence-electron chi connectivity index (χ3n) is 5.37. The Morgan fingerprint density at radius 1 is 1.14 bits per heavy atom. The highest BCUT2D eigenvalue weighted by Crippen LogP contribution is 2.50. The van der Waals surface area contributed by atoms with Crippen molar-refractivity contribution in [1.82, 2.24) is 4.90 Å². The monoisotopic (exact) mass is 392 g/mol. The number of fused-ring (bicyclic) bond motifs is 1. The van der Waals surface area contributed by atoms with Gasteiger partial charge in [-0.15, -0.1) is 11.8 Å². The zero-order chi connectivity index (χ0) is 19.9. The third kappa shape index (κ3) is 2.45. The molecule has 0 saturated carbocycles. The number of allylic oxidation sites excluding steroid dienone is 1. The third-order valence-corrected chi connectivity index (χ3v) is 6.70. The van der Waals surface area contributed by atoms with Crippen LogP contribution in [-0.4, -0.2) is 39.1 Å². The van der Waals surface area contributed by atoms with Crippen molar-refractivity contribution in [2.24, 2.45) is 5.73 Å². The summed E-state index contributed by atoms with van der Waals surface area (Å²) < 4.78 is 0. The van der Waals surface area contributed by atoms with E-state index in [4.69, 9.17) is 5.73 Å². The summed E-state index contributed by atoms with van der Waals surface area (Å²) in [4.78, 5) is 27.3. The summed E-state index contributed by atoms with van der Waals surface area (Å²) in [6.45, 7) is 3.89. The van der Waals surface area contributed by atoms with E-state index in [0.29, 0.717) is 22.6 Å². The minimum Gasteiger partial charge on any atom is -0.480 e. The molecule has 2 atom stereocenters. The van der Waals surface area contributed by atoms with Crippen molar-refractivity contribution in [2.75, 3.05) is 5.75 Å². The van der Waals surface area contributed by atoms with Gasteiger partial charge in [0, 0.05) is 5.75 Å². The van der Waals surface area contributed by atoms with Crippen LogP contribution in [0.4, 0.5) is 0 Å². The van der Waals surface area contributed by atoms with Gasteiger partial charge in [-0.1, -0.05) is 73.3 Å². The topological polar surface area (TPSA) is 83.6 Å². The van der Waals surface area contributed by atoms with Crippen molar-refractivity contribution >= 4 is 23.6 Å². The molecular weight excluding hydrogens is 372 g/mol.